The lowest BCUT2D eigenvalue weighted by Crippen LogP contribution is -2.48. The summed E-state index contributed by atoms with van der Waals surface area (Å²) in [5.41, 5.74) is 0.763. The smallest absolute Gasteiger partial charge is 0.237 e. The van der Waals surface area contributed by atoms with Crippen molar-refractivity contribution < 1.29 is 4.79 Å². The van der Waals surface area contributed by atoms with Gasteiger partial charge in [0.15, 0.2) is 0 Å². The number of amides is 1. The minimum atomic E-state index is 0.00477. The second kappa shape index (κ2) is 6.19. The molecule has 2 heterocycles. The number of thiophene rings is 1. The standard InChI is InChI=1S/C12H14ClN3OS/c13-7-12(17)16-4-2-15(3-5-16)9-11-10(8-14)1-6-18-11/h1,6H,2-5,7,9H2. The topological polar surface area (TPSA) is 47.3 Å². The number of piperazine rings is 1. The van der Waals surface area contributed by atoms with Crippen LogP contribution in [0.15, 0.2) is 11.4 Å². The Kier molecular flexibility index (Phi) is 4.59. The van der Waals surface area contributed by atoms with Gasteiger partial charge in [0.2, 0.25) is 5.91 Å². The minimum absolute atomic E-state index is 0.00477. The highest BCUT2D eigenvalue weighted by atomic mass is 35.5. The van der Waals surface area contributed by atoms with Crippen molar-refractivity contribution in [2.24, 2.45) is 0 Å². The van der Waals surface area contributed by atoms with Crippen LogP contribution in [-0.2, 0) is 11.3 Å². The highest BCUT2D eigenvalue weighted by molar-refractivity contribution is 7.10. The zero-order valence-electron chi connectivity index (χ0n) is 9.93. The zero-order chi connectivity index (χ0) is 13.0. The van der Waals surface area contributed by atoms with Gasteiger partial charge in [0, 0.05) is 37.6 Å². The molecule has 0 aliphatic carbocycles. The van der Waals surface area contributed by atoms with Gasteiger partial charge in [-0.3, -0.25) is 9.69 Å². The Morgan fingerprint density at radius 2 is 2.17 bits per heavy atom. The summed E-state index contributed by atoms with van der Waals surface area (Å²) in [7, 11) is 0. The summed E-state index contributed by atoms with van der Waals surface area (Å²) in [6.45, 7) is 3.91. The van der Waals surface area contributed by atoms with Crippen molar-refractivity contribution in [3.05, 3.63) is 21.9 Å². The number of carbonyl (C=O) groups is 1. The van der Waals surface area contributed by atoms with Crippen LogP contribution >= 0.6 is 22.9 Å². The van der Waals surface area contributed by atoms with E-state index < -0.39 is 0 Å². The number of rotatable bonds is 3. The van der Waals surface area contributed by atoms with Crippen LogP contribution in [0.3, 0.4) is 0 Å². The largest absolute Gasteiger partial charge is 0.339 e. The number of hydrogen-bond donors (Lipinski definition) is 0. The highest BCUT2D eigenvalue weighted by Gasteiger charge is 2.21. The van der Waals surface area contributed by atoms with E-state index in [-0.39, 0.29) is 11.8 Å². The van der Waals surface area contributed by atoms with Crippen molar-refractivity contribution in [1.82, 2.24) is 9.80 Å². The van der Waals surface area contributed by atoms with Gasteiger partial charge in [-0.25, -0.2) is 0 Å². The number of nitriles is 1. The first-order valence-electron chi connectivity index (χ1n) is 5.77. The van der Waals surface area contributed by atoms with E-state index in [1.54, 1.807) is 16.2 Å². The van der Waals surface area contributed by atoms with Crippen LogP contribution in [0.25, 0.3) is 0 Å². The van der Waals surface area contributed by atoms with E-state index in [1.807, 2.05) is 11.4 Å². The molecule has 2 rings (SSSR count). The number of nitrogens with zero attached hydrogens (tertiary/aromatic N) is 3. The molecule has 1 aliphatic heterocycles. The molecular weight excluding hydrogens is 270 g/mol. The molecule has 0 N–H and O–H groups in total. The molecule has 0 saturated carbocycles. The van der Waals surface area contributed by atoms with E-state index in [4.69, 9.17) is 16.9 Å². The minimum Gasteiger partial charge on any atom is -0.339 e. The molecule has 0 radical (unpaired) electrons. The molecule has 4 nitrogen and oxygen atoms in total. The van der Waals surface area contributed by atoms with Crippen molar-refractivity contribution in [2.75, 3.05) is 32.1 Å². The van der Waals surface area contributed by atoms with Gasteiger partial charge in [-0.05, 0) is 11.4 Å². The normalized spacial score (nSPS) is 16.6. The molecule has 1 amide bonds. The summed E-state index contributed by atoms with van der Waals surface area (Å²) >= 11 is 7.15. The van der Waals surface area contributed by atoms with Gasteiger partial charge >= 0.3 is 0 Å². The predicted molar refractivity (Wildman–Crippen MR) is 71.6 cm³/mol. The maximum Gasteiger partial charge on any atom is 0.237 e. The first kappa shape index (κ1) is 13.3. The van der Waals surface area contributed by atoms with Crippen molar-refractivity contribution in [3.8, 4) is 6.07 Å². The molecule has 0 atom stereocenters. The quantitative estimate of drug-likeness (QED) is 0.790. The second-order valence-corrected chi connectivity index (χ2v) is 5.43. The first-order chi connectivity index (χ1) is 8.74. The fourth-order valence-corrected chi connectivity index (χ4v) is 3.04. The maximum atomic E-state index is 11.4. The number of halogens is 1. The summed E-state index contributed by atoms with van der Waals surface area (Å²) in [5, 5.41) is 10.9. The molecule has 0 aromatic carbocycles. The summed E-state index contributed by atoms with van der Waals surface area (Å²) < 4.78 is 0. The van der Waals surface area contributed by atoms with Crippen molar-refractivity contribution in [1.29, 1.82) is 5.26 Å². The number of alkyl halides is 1. The van der Waals surface area contributed by atoms with Crippen molar-refractivity contribution >= 4 is 28.8 Å². The molecule has 0 bridgehead atoms. The van der Waals surface area contributed by atoms with E-state index in [2.05, 4.69) is 11.0 Å². The summed E-state index contributed by atoms with van der Waals surface area (Å²) in [5.74, 6) is 0.0638. The van der Waals surface area contributed by atoms with Crippen LogP contribution in [0.4, 0.5) is 0 Å². The van der Waals surface area contributed by atoms with Crippen molar-refractivity contribution in [3.63, 3.8) is 0 Å². The van der Waals surface area contributed by atoms with Crippen LogP contribution in [0.1, 0.15) is 10.4 Å². The van der Waals surface area contributed by atoms with Gasteiger partial charge in [0.1, 0.15) is 11.9 Å². The maximum absolute atomic E-state index is 11.4. The van der Waals surface area contributed by atoms with Crippen LogP contribution in [0.2, 0.25) is 0 Å². The van der Waals surface area contributed by atoms with Gasteiger partial charge in [0.25, 0.3) is 0 Å². The van der Waals surface area contributed by atoms with Gasteiger partial charge in [0.05, 0.1) is 5.56 Å². The third-order valence-electron chi connectivity index (χ3n) is 3.07. The Bertz CT molecular complexity index is 460. The van der Waals surface area contributed by atoms with E-state index in [9.17, 15) is 4.79 Å². The Labute approximate surface area is 115 Å². The Morgan fingerprint density at radius 3 is 2.78 bits per heavy atom. The third-order valence-corrected chi connectivity index (χ3v) is 4.21. The van der Waals surface area contributed by atoms with Crippen LogP contribution in [0, 0.1) is 11.3 Å². The molecule has 1 fully saturated rings. The summed E-state index contributed by atoms with van der Waals surface area (Å²) in [4.78, 5) is 16.6. The summed E-state index contributed by atoms with van der Waals surface area (Å²) in [6, 6.07) is 4.06. The fraction of sp³-hybridized carbons (Fsp3) is 0.500. The molecule has 0 unspecified atom stereocenters. The molecule has 96 valence electrons. The molecule has 1 aromatic rings. The first-order valence-corrected chi connectivity index (χ1v) is 7.18. The van der Waals surface area contributed by atoms with Crippen molar-refractivity contribution in [2.45, 2.75) is 6.54 Å². The molecule has 1 saturated heterocycles. The van der Waals surface area contributed by atoms with E-state index in [0.717, 1.165) is 43.2 Å². The van der Waals surface area contributed by atoms with E-state index >= 15 is 0 Å². The number of carbonyl (C=O) groups excluding carboxylic acids is 1. The second-order valence-electron chi connectivity index (χ2n) is 4.16. The number of hydrogen-bond acceptors (Lipinski definition) is 4. The van der Waals surface area contributed by atoms with Gasteiger partial charge in [-0.15, -0.1) is 22.9 Å². The predicted octanol–water partition coefficient (Wildman–Crippen LogP) is 1.50. The summed E-state index contributed by atoms with van der Waals surface area (Å²) in [6.07, 6.45) is 0. The lowest BCUT2D eigenvalue weighted by molar-refractivity contribution is -0.130. The Morgan fingerprint density at radius 1 is 1.44 bits per heavy atom. The average Bonchev–Trinajstić information content (AvgIpc) is 2.86. The van der Waals surface area contributed by atoms with Gasteiger partial charge in [-0.2, -0.15) is 5.26 Å². The molecule has 1 aliphatic rings. The molecule has 1 aromatic heterocycles. The van der Waals surface area contributed by atoms with Gasteiger partial charge < -0.3 is 4.90 Å². The SMILES string of the molecule is N#Cc1ccsc1CN1CCN(C(=O)CCl)CC1. The average molecular weight is 284 g/mol. The Hall–Kier alpha value is -1.09. The van der Waals surface area contributed by atoms with E-state index in [0.29, 0.717) is 0 Å². The molecule has 6 heteroatoms. The molecule has 0 spiro atoms. The monoisotopic (exact) mass is 283 g/mol. The molecule has 18 heavy (non-hydrogen) atoms. The third kappa shape index (κ3) is 3.02. The zero-order valence-corrected chi connectivity index (χ0v) is 11.5. The van der Waals surface area contributed by atoms with Crippen LogP contribution < -0.4 is 0 Å². The lowest BCUT2D eigenvalue weighted by atomic mass is 10.2. The lowest BCUT2D eigenvalue weighted by Gasteiger charge is -2.34. The highest BCUT2D eigenvalue weighted by Crippen LogP contribution is 2.18. The molecular formula is C12H14ClN3OS. The fourth-order valence-electron chi connectivity index (χ4n) is 2.01. The Balaban J connectivity index is 1.88. The van der Waals surface area contributed by atoms with Crippen LogP contribution in [0.5, 0.6) is 0 Å². The van der Waals surface area contributed by atoms with Gasteiger partial charge in [-0.1, -0.05) is 0 Å². The van der Waals surface area contributed by atoms with E-state index in [1.165, 1.54) is 0 Å². The van der Waals surface area contributed by atoms with Crippen LogP contribution in [-0.4, -0.2) is 47.8 Å².